The minimum absolute atomic E-state index is 0.416. The molecule has 0 aromatic carbocycles. The van der Waals surface area contributed by atoms with Gasteiger partial charge in [0, 0.05) is 6.42 Å². The van der Waals surface area contributed by atoms with Crippen LogP contribution in [0.15, 0.2) is 0 Å². The molecule has 0 aliphatic rings. The molecular weight excluding hydrogens is 295 g/mol. The average molecular weight is 333 g/mol. The van der Waals surface area contributed by atoms with Gasteiger partial charge in [-0.3, -0.25) is 0 Å². The molecule has 0 fully saturated rings. The average Bonchev–Trinajstić information content (AvgIpc) is 2.50. The summed E-state index contributed by atoms with van der Waals surface area (Å²) < 4.78 is 0. The molecule has 3 nitrogen and oxygen atoms in total. The van der Waals surface area contributed by atoms with Crippen molar-refractivity contribution in [1.82, 2.24) is 0 Å². The van der Waals surface area contributed by atoms with Crippen LogP contribution in [0.1, 0.15) is 110 Å². The fourth-order valence-corrected chi connectivity index (χ4v) is 3.27. The molecule has 1 N–H and O–H groups in total. The van der Waals surface area contributed by atoms with Crippen molar-refractivity contribution < 1.29 is 14.9 Å². The van der Waals surface area contributed by atoms with Crippen LogP contribution in [0.5, 0.6) is 0 Å². The summed E-state index contributed by atoms with van der Waals surface area (Å²) in [5, 5.41) is 9.15. The van der Waals surface area contributed by atoms with Crippen molar-refractivity contribution in [2.24, 2.45) is 0 Å². The van der Waals surface area contributed by atoms with E-state index in [1.165, 1.54) is 83.5 Å². The molecule has 0 saturated heterocycles. The van der Waals surface area contributed by atoms with Crippen LogP contribution in [0.4, 0.5) is 0 Å². The molecule has 0 rings (SSSR count). The molecule has 22 heavy (non-hydrogen) atoms. The molecule has 134 valence electrons. The van der Waals surface area contributed by atoms with Crippen LogP contribution in [-0.4, -0.2) is 11.0 Å². The summed E-state index contributed by atoms with van der Waals surface area (Å²) in [6.45, 7) is 2.26. The maximum atomic E-state index is 10.5. The Morgan fingerprint density at radius 1 is 0.636 bits per heavy atom. The molecule has 1 unspecified atom stereocenters. The molecule has 0 aromatic rings. The SMILES string of the molecule is CCCCCCCCCCCCCCCCCC(O)[PH+]([O-])[O-]. The standard InChI is InChI=1S/C18H38O3P/c1-2-3-4-5-6-7-8-9-10-11-12-13-14-15-16-17-18(19)22(20)21/h18-19,22H,2-17H2,1H3/q-1. The highest BCUT2D eigenvalue weighted by molar-refractivity contribution is 7.42. The Hall–Kier alpha value is 0.310. The zero-order valence-electron chi connectivity index (χ0n) is 14.7. The van der Waals surface area contributed by atoms with Gasteiger partial charge in [-0.1, -0.05) is 105 Å². The van der Waals surface area contributed by atoms with Crippen LogP contribution < -0.4 is 9.79 Å². The second kappa shape index (κ2) is 17.7. The molecule has 0 aliphatic heterocycles. The third-order valence-corrected chi connectivity index (χ3v) is 5.19. The molecular formula is C18H38O3P-. The van der Waals surface area contributed by atoms with E-state index in [0.717, 1.165) is 12.8 Å². The second-order valence-corrected chi connectivity index (χ2v) is 7.88. The molecule has 0 bridgehead atoms. The van der Waals surface area contributed by atoms with Crippen molar-refractivity contribution >= 4 is 8.38 Å². The summed E-state index contributed by atoms with van der Waals surface area (Å²) in [4.78, 5) is 21.0. The first-order valence-corrected chi connectivity index (χ1v) is 11.0. The Morgan fingerprint density at radius 3 is 1.27 bits per heavy atom. The lowest BCUT2D eigenvalue weighted by molar-refractivity contribution is -0.300. The maximum absolute atomic E-state index is 10.5. The Morgan fingerprint density at radius 2 is 0.955 bits per heavy atom. The molecule has 0 radical (unpaired) electrons. The number of aliphatic hydroxyl groups excluding tert-OH is 1. The van der Waals surface area contributed by atoms with Gasteiger partial charge in [0.2, 0.25) is 0 Å². The van der Waals surface area contributed by atoms with Crippen molar-refractivity contribution in [3.05, 3.63) is 0 Å². The summed E-state index contributed by atoms with van der Waals surface area (Å²) in [6.07, 6.45) is 19.9. The van der Waals surface area contributed by atoms with Crippen LogP contribution in [0.25, 0.3) is 0 Å². The van der Waals surface area contributed by atoms with Gasteiger partial charge in [-0.05, 0) is 6.42 Å². The summed E-state index contributed by atoms with van der Waals surface area (Å²) in [5.41, 5.74) is 0. The van der Waals surface area contributed by atoms with E-state index in [1.807, 2.05) is 0 Å². The Bertz CT molecular complexity index is 213. The molecule has 0 heterocycles. The van der Waals surface area contributed by atoms with Gasteiger partial charge in [-0.25, -0.2) is 0 Å². The van der Waals surface area contributed by atoms with E-state index >= 15 is 0 Å². The van der Waals surface area contributed by atoms with Gasteiger partial charge in [-0.2, -0.15) is 0 Å². The zero-order chi connectivity index (χ0) is 16.5. The van der Waals surface area contributed by atoms with Gasteiger partial charge in [0.05, 0.1) is 0 Å². The van der Waals surface area contributed by atoms with Gasteiger partial charge in [-0.15, -0.1) is 0 Å². The first kappa shape index (κ1) is 22.3. The first-order valence-electron chi connectivity index (χ1n) is 9.57. The molecule has 4 heteroatoms. The highest BCUT2D eigenvalue weighted by Crippen LogP contribution is 2.23. The lowest BCUT2D eigenvalue weighted by Gasteiger charge is -2.22. The van der Waals surface area contributed by atoms with Crippen LogP contribution in [0.2, 0.25) is 0 Å². The lowest BCUT2D eigenvalue weighted by atomic mass is 10.0. The van der Waals surface area contributed by atoms with E-state index in [2.05, 4.69) is 6.92 Å². The van der Waals surface area contributed by atoms with Gasteiger partial charge in [0.1, 0.15) is 5.85 Å². The number of hydrogen-bond acceptors (Lipinski definition) is 3. The van der Waals surface area contributed by atoms with E-state index in [1.54, 1.807) is 0 Å². The number of aliphatic hydroxyl groups is 1. The number of hydrogen-bond donors (Lipinski definition) is 1. The Kier molecular flexibility index (Phi) is 17.9. The smallest absolute Gasteiger partial charge is 0.150 e. The normalized spacial score (nSPS) is 13.0. The number of rotatable bonds is 17. The Labute approximate surface area is 139 Å². The van der Waals surface area contributed by atoms with Crippen molar-refractivity contribution in [2.45, 2.75) is 116 Å². The molecule has 0 aliphatic carbocycles. The largest absolute Gasteiger partial charge is 0.683 e. The minimum Gasteiger partial charge on any atom is -0.683 e. The van der Waals surface area contributed by atoms with Crippen molar-refractivity contribution in [3.63, 3.8) is 0 Å². The van der Waals surface area contributed by atoms with E-state index < -0.39 is 14.2 Å². The van der Waals surface area contributed by atoms with Crippen molar-refractivity contribution in [3.8, 4) is 0 Å². The maximum Gasteiger partial charge on any atom is 0.150 e. The topological polar surface area (TPSA) is 66.3 Å². The van der Waals surface area contributed by atoms with Gasteiger partial charge >= 0.3 is 0 Å². The van der Waals surface area contributed by atoms with E-state index in [-0.39, 0.29) is 0 Å². The first-order chi connectivity index (χ1) is 10.7. The quantitative estimate of drug-likeness (QED) is 0.318. The Balaban J connectivity index is 3.03. The van der Waals surface area contributed by atoms with E-state index in [0.29, 0.717) is 6.42 Å². The van der Waals surface area contributed by atoms with Crippen LogP contribution in [0.3, 0.4) is 0 Å². The molecule has 0 saturated carbocycles. The fraction of sp³-hybridized carbons (Fsp3) is 1.00. The predicted octanol–water partition coefficient (Wildman–Crippen LogP) is 4.33. The van der Waals surface area contributed by atoms with Crippen LogP contribution in [-0.2, 0) is 0 Å². The molecule has 0 spiro atoms. The van der Waals surface area contributed by atoms with Crippen LogP contribution in [0, 0.1) is 0 Å². The minimum atomic E-state index is -2.98. The third-order valence-electron chi connectivity index (χ3n) is 4.35. The lowest BCUT2D eigenvalue weighted by Crippen LogP contribution is -2.20. The van der Waals surface area contributed by atoms with Crippen molar-refractivity contribution in [2.75, 3.05) is 0 Å². The van der Waals surface area contributed by atoms with Gasteiger partial charge < -0.3 is 14.9 Å². The zero-order valence-corrected chi connectivity index (χ0v) is 15.7. The summed E-state index contributed by atoms with van der Waals surface area (Å²) in [5.74, 6) is -1.09. The van der Waals surface area contributed by atoms with Gasteiger partial charge in [0.25, 0.3) is 0 Å². The van der Waals surface area contributed by atoms with Gasteiger partial charge in [0.15, 0.2) is 0 Å². The van der Waals surface area contributed by atoms with Crippen molar-refractivity contribution in [1.29, 1.82) is 0 Å². The summed E-state index contributed by atoms with van der Waals surface area (Å²) in [6, 6.07) is 0. The predicted molar refractivity (Wildman–Crippen MR) is 93.9 cm³/mol. The fourth-order valence-electron chi connectivity index (χ4n) is 2.83. The summed E-state index contributed by atoms with van der Waals surface area (Å²) >= 11 is 0. The number of unbranched alkanes of at least 4 members (excludes halogenated alkanes) is 14. The monoisotopic (exact) mass is 333 g/mol. The van der Waals surface area contributed by atoms with Crippen LogP contribution >= 0.6 is 8.38 Å². The highest BCUT2D eigenvalue weighted by atomic mass is 31.2. The summed E-state index contributed by atoms with van der Waals surface area (Å²) in [7, 11) is -2.98. The molecule has 0 amide bonds. The van der Waals surface area contributed by atoms with E-state index in [4.69, 9.17) is 5.11 Å². The van der Waals surface area contributed by atoms with E-state index in [9.17, 15) is 9.79 Å². The molecule has 0 aromatic heterocycles. The molecule has 1 atom stereocenters. The second-order valence-electron chi connectivity index (χ2n) is 6.57. The third kappa shape index (κ3) is 16.7. The highest BCUT2D eigenvalue weighted by Gasteiger charge is 2.05.